The van der Waals surface area contributed by atoms with Gasteiger partial charge in [-0.1, -0.05) is 40.9 Å². The van der Waals surface area contributed by atoms with Gasteiger partial charge in [-0.3, -0.25) is 4.99 Å². The van der Waals surface area contributed by atoms with E-state index < -0.39 is 5.97 Å². The number of nitrogens with zero attached hydrogens (tertiary/aromatic N) is 3. The van der Waals surface area contributed by atoms with E-state index in [0.717, 1.165) is 16.8 Å². The van der Waals surface area contributed by atoms with Gasteiger partial charge in [0.1, 0.15) is 4.88 Å². The number of anilines is 2. The molecule has 0 aliphatic carbocycles. The van der Waals surface area contributed by atoms with E-state index in [-0.39, 0.29) is 5.88 Å². The Morgan fingerprint density at radius 1 is 1.25 bits per heavy atom. The number of ether oxygens (including phenoxy) is 1. The summed E-state index contributed by atoms with van der Waals surface area (Å²) in [7, 11) is 0. The lowest BCUT2D eigenvalue weighted by Gasteiger charge is -1.98. The third-order valence-corrected chi connectivity index (χ3v) is 5.91. The molecule has 28 heavy (non-hydrogen) atoms. The Bertz CT molecular complexity index is 1110. The highest BCUT2D eigenvalue weighted by Crippen LogP contribution is 2.37. The summed E-state index contributed by atoms with van der Waals surface area (Å²) in [6.07, 6.45) is 3.62. The zero-order valence-corrected chi connectivity index (χ0v) is 16.7. The van der Waals surface area contributed by atoms with E-state index in [0.29, 0.717) is 32.3 Å². The molecule has 9 heteroatoms. The summed E-state index contributed by atoms with van der Waals surface area (Å²) in [6.45, 7) is 3.82. The summed E-state index contributed by atoms with van der Waals surface area (Å²) in [5.41, 5.74) is 3.42. The number of carbonyl (C=O) groups excluding carboxylic acids is 1. The monoisotopic (exact) mass is 412 g/mol. The van der Waals surface area contributed by atoms with E-state index in [9.17, 15) is 9.90 Å². The number of para-hydroxylation sites is 1. The van der Waals surface area contributed by atoms with Crippen molar-refractivity contribution in [2.75, 3.05) is 11.9 Å². The van der Waals surface area contributed by atoms with Crippen molar-refractivity contribution in [2.45, 2.75) is 13.8 Å². The van der Waals surface area contributed by atoms with Gasteiger partial charge in [-0.05, 0) is 26.0 Å². The van der Waals surface area contributed by atoms with Gasteiger partial charge in [0.2, 0.25) is 5.88 Å². The molecule has 1 aliphatic heterocycles. The fourth-order valence-electron chi connectivity index (χ4n) is 2.69. The number of fused-ring (bicyclic) bond motifs is 1. The van der Waals surface area contributed by atoms with Gasteiger partial charge < -0.3 is 15.2 Å². The summed E-state index contributed by atoms with van der Waals surface area (Å²) in [6, 6.07) is 7.82. The van der Waals surface area contributed by atoms with Crippen LogP contribution in [0.25, 0.3) is 11.6 Å². The van der Waals surface area contributed by atoms with Crippen LogP contribution in [0.1, 0.15) is 32.7 Å². The number of hydrogen-bond acceptors (Lipinski definition) is 9. The summed E-state index contributed by atoms with van der Waals surface area (Å²) in [5, 5.41) is 14.3. The molecule has 0 saturated carbocycles. The first-order valence-corrected chi connectivity index (χ1v) is 10.1. The maximum absolute atomic E-state index is 11.9. The van der Waals surface area contributed by atoms with Crippen molar-refractivity contribution in [3.63, 3.8) is 0 Å². The van der Waals surface area contributed by atoms with Gasteiger partial charge in [0.05, 0.1) is 22.9 Å². The van der Waals surface area contributed by atoms with Crippen LogP contribution in [0.2, 0.25) is 0 Å². The number of aryl methyl sites for hydroxylation is 1. The van der Waals surface area contributed by atoms with Crippen LogP contribution in [0, 0.1) is 6.92 Å². The summed E-state index contributed by atoms with van der Waals surface area (Å²) in [4.78, 5) is 25.8. The fraction of sp³-hybridized carbons (Fsp3) is 0.158. The number of hydrogen-bond donors (Lipinski definition) is 2. The topological polar surface area (TPSA) is 96.7 Å². The standard InChI is InChI=1S/C19H16N4O3S2/c1-3-26-17(25)15-10(2)21-18(28-15)23-19-22-16(24)14(27-19)8-11-9-20-13-7-5-4-6-12(11)13/h4-9,24H,3H2,1-2H3,(H,21,22,23)/b11-8+. The molecule has 4 rings (SSSR count). The van der Waals surface area contributed by atoms with Crippen LogP contribution in [0.15, 0.2) is 29.3 Å². The lowest BCUT2D eigenvalue weighted by Crippen LogP contribution is -2.03. The number of benzene rings is 1. The Kier molecular flexibility index (Phi) is 4.93. The highest BCUT2D eigenvalue weighted by atomic mass is 32.1. The molecule has 0 bridgehead atoms. The van der Waals surface area contributed by atoms with E-state index in [1.54, 1.807) is 20.1 Å². The van der Waals surface area contributed by atoms with Crippen molar-refractivity contribution < 1.29 is 14.6 Å². The van der Waals surface area contributed by atoms with E-state index in [4.69, 9.17) is 4.74 Å². The predicted octanol–water partition coefficient (Wildman–Crippen LogP) is 4.79. The number of thiazole rings is 2. The Labute approximate surface area is 169 Å². The second-order valence-electron chi connectivity index (χ2n) is 5.86. The Hall–Kier alpha value is -3.04. The van der Waals surface area contributed by atoms with Gasteiger partial charge in [0, 0.05) is 17.4 Å². The van der Waals surface area contributed by atoms with E-state index >= 15 is 0 Å². The molecule has 0 atom stereocenters. The lowest BCUT2D eigenvalue weighted by molar-refractivity contribution is 0.0531. The molecule has 7 nitrogen and oxygen atoms in total. The maximum atomic E-state index is 11.9. The van der Waals surface area contributed by atoms with E-state index in [2.05, 4.69) is 20.3 Å². The van der Waals surface area contributed by atoms with Crippen LogP contribution in [0.3, 0.4) is 0 Å². The van der Waals surface area contributed by atoms with E-state index in [1.165, 1.54) is 22.7 Å². The smallest absolute Gasteiger partial charge is 0.350 e. The van der Waals surface area contributed by atoms with Crippen molar-refractivity contribution in [1.82, 2.24) is 9.97 Å². The molecule has 0 saturated heterocycles. The Balaban J connectivity index is 1.56. The number of nitrogens with one attached hydrogen (secondary N) is 1. The Morgan fingerprint density at radius 2 is 2.04 bits per heavy atom. The molecule has 0 fully saturated rings. The van der Waals surface area contributed by atoms with Crippen LogP contribution in [0.4, 0.5) is 16.0 Å². The highest BCUT2D eigenvalue weighted by Gasteiger charge is 2.18. The third kappa shape index (κ3) is 3.54. The second kappa shape index (κ2) is 7.53. The molecule has 0 amide bonds. The zero-order valence-electron chi connectivity index (χ0n) is 15.1. The number of carbonyl (C=O) groups is 1. The quantitative estimate of drug-likeness (QED) is 0.585. The Morgan fingerprint density at radius 3 is 2.86 bits per heavy atom. The average molecular weight is 412 g/mol. The van der Waals surface area contributed by atoms with Crippen molar-refractivity contribution in [2.24, 2.45) is 4.99 Å². The molecule has 2 N–H and O–H groups in total. The van der Waals surface area contributed by atoms with Gasteiger partial charge in [-0.15, -0.1) is 0 Å². The normalized spacial score (nSPS) is 13.7. The van der Waals surface area contributed by atoms with Crippen LogP contribution < -0.4 is 5.32 Å². The SMILES string of the molecule is CCOC(=O)c1sc(Nc2nc(O)c(/C=C3\C=Nc4ccccc43)s2)nc1C. The number of aliphatic imine (C=N–C) groups is 1. The van der Waals surface area contributed by atoms with Gasteiger partial charge in [-0.25, -0.2) is 9.78 Å². The highest BCUT2D eigenvalue weighted by molar-refractivity contribution is 7.19. The van der Waals surface area contributed by atoms with Crippen molar-refractivity contribution in [3.8, 4) is 5.88 Å². The largest absolute Gasteiger partial charge is 0.492 e. The van der Waals surface area contributed by atoms with E-state index in [1.807, 2.05) is 30.3 Å². The first-order chi connectivity index (χ1) is 13.5. The minimum Gasteiger partial charge on any atom is -0.492 e. The lowest BCUT2D eigenvalue weighted by atomic mass is 10.1. The number of rotatable bonds is 5. The maximum Gasteiger partial charge on any atom is 0.350 e. The summed E-state index contributed by atoms with van der Waals surface area (Å²) < 4.78 is 5.03. The van der Waals surface area contributed by atoms with Gasteiger partial charge in [0.15, 0.2) is 10.3 Å². The molecule has 2 aromatic heterocycles. The first-order valence-electron chi connectivity index (χ1n) is 8.51. The van der Waals surface area contributed by atoms with Crippen LogP contribution in [-0.2, 0) is 4.74 Å². The minimum atomic E-state index is -0.392. The number of esters is 1. The molecule has 1 aromatic carbocycles. The molecule has 1 aliphatic rings. The van der Waals surface area contributed by atoms with Crippen LogP contribution in [-0.4, -0.2) is 33.9 Å². The predicted molar refractivity (Wildman–Crippen MR) is 112 cm³/mol. The third-order valence-electron chi connectivity index (χ3n) is 3.95. The fourth-order valence-corrected chi connectivity index (χ4v) is 4.43. The molecule has 3 heterocycles. The minimum absolute atomic E-state index is 0.0725. The molecule has 0 radical (unpaired) electrons. The molecule has 0 spiro atoms. The van der Waals surface area contributed by atoms with Gasteiger partial charge in [-0.2, -0.15) is 4.98 Å². The molecular weight excluding hydrogens is 396 g/mol. The summed E-state index contributed by atoms with van der Waals surface area (Å²) >= 11 is 2.48. The van der Waals surface area contributed by atoms with Crippen molar-refractivity contribution >= 4 is 62.5 Å². The van der Waals surface area contributed by atoms with Crippen LogP contribution >= 0.6 is 22.7 Å². The zero-order chi connectivity index (χ0) is 19.7. The summed E-state index contributed by atoms with van der Waals surface area (Å²) in [5.74, 6) is -0.464. The molecule has 0 unspecified atom stereocenters. The molecule has 142 valence electrons. The number of allylic oxidation sites excluding steroid dienone is 1. The van der Waals surface area contributed by atoms with Crippen molar-refractivity contribution in [3.05, 3.63) is 45.3 Å². The number of aromatic nitrogens is 2. The first kappa shape index (κ1) is 18.3. The second-order valence-corrected chi connectivity index (χ2v) is 7.89. The van der Waals surface area contributed by atoms with Gasteiger partial charge >= 0.3 is 5.97 Å². The molecular formula is C19H16N4O3S2. The average Bonchev–Trinajstić information content (AvgIpc) is 3.34. The van der Waals surface area contributed by atoms with Crippen LogP contribution in [0.5, 0.6) is 5.88 Å². The van der Waals surface area contributed by atoms with Gasteiger partial charge in [0.25, 0.3) is 0 Å². The van der Waals surface area contributed by atoms with Crippen molar-refractivity contribution in [1.29, 1.82) is 0 Å². The number of aromatic hydroxyl groups is 1. The molecule has 3 aromatic rings.